The molecule has 0 fully saturated rings. The number of carbonyl (C=O) groups excluding carboxylic acids is 1. The monoisotopic (exact) mass is 369 g/mol. The predicted molar refractivity (Wildman–Crippen MR) is 107 cm³/mol. The lowest BCUT2D eigenvalue weighted by Crippen LogP contribution is -2.37. The summed E-state index contributed by atoms with van der Waals surface area (Å²) in [5.41, 5.74) is 2.85. The quantitative estimate of drug-likeness (QED) is 0.720. The third-order valence-corrected chi connectivity index (χ3v) is 5.25. The summed E-state index contributed by atoms with van der Waals surface area (Å²) < 4.78 is 1.39. The lowest BCUT2D eigenvalue weighted by Gasteiger charge is -2.13. The molecular weight excluding hydrogens is 346 g/mol. The van der Waals surface area contributed by atoms with E-state index < -0.39 is 0 Å². The number of nitrogens with zero attached hydrogens (tertiary/aromatic N) is 2. The van der Waals surface area contributed by atoms with Gasteiger partial charge in [0.25, 0.3) is 5.56 Å². The molecule has 3 rings (SSSR count). The van der Waals surface area contributed by atoms with Gasteiger partial charge in [-0.2, -0.15) is 0 Å². The molecule has 0 aliphatic carbocycles. The van der Waals surface area contributed by atoms with Crippen LogP contribution in [0.5, 0.6) is 0 Å². The Labute approximate surface area is 156 Å². The Hall–Kier alpha value is -2.47. The summed E-state index contributed by atoms with van der Waals surface area (Å²) in [5.74, 6) is -0.165. The van der Waals surface area contributed by atoms with Crippen LogP contribution < -0.4 is 10.9 Å². The van der Waals surface area contributed by atoms with Gasteiger partial charge in [-0.1, -0.05) is 43.2 Å². The molecule has 1 amide bonds. The summed E-state index contributed by atoms with van der Waals surface area (Å²) in [6.07, 6.45) is 3.38. The summed E-state index contributed by atoms with van der Waals surface area (Å²) in [6, 6.07) is 8.16. The second kappa shape index (κ2) is 7.83. The van der Waals surface area contributed by atoms with E-state index in [2.05, 4.69) is 17.2 Å². The first-order chi connectivity index (χ1) is 12.5. The number of aryl methyl sites for hydroxylation is 1. The van der Waals surface area contributed by atoms with Crippen molar-refractivity contribution < 1.29 is 4.79 Å². The highest BCUT2D eigenvalue weighted by atomic mass is 32.1. The summed E-state index contributed by atoms with van der Waals surface area (Å²) in [6.45, 7) is 6.06. The molecule has 1 aromatic carbocycles. The topological polar surface area (TPSA) is 64.0 Å². The molecule has 1 N–H and O–H groups in total. The van der Waals surface area contributed by atoms with Gasteiger partial charge in [-0.25, -0.2) is 4.98 Å². The molecule has 2 aromatic heterocycles. The number of amides is 1. The van der Waals surface area contributed by atoms with Gasteiger partial charge in [-0.05, 0) is 25.8 Å². The zero-order valence-corrected chi connectivity index (χ0v) is 16.1. The minimum absolute atomic E-state index is 0.0149. The standard InChI is InChI=1S/C20H23N3O2S/c1-4-5-14(3)22-17(24)10-23-12-21-19-18(20(23)25)16(11-26-19)15-8-6-13(2)7-9-15/h6-9,11-12,14H,4-5,10H2,1-3H3,(H,22,24)/t14-/m0/s1. The summed E-state index contributed by atoms with van der Waals surface area (Å²) in [5, 5.41) is 5.46. The SMILES string of the molecule is CCC[C@H](C)NC(=O)Cn1cnc2scc(-c3ccc(C)cc3)c2c1=O. The maximum atomic E-state index is 12.9. The van der Waals surface area contributed by atoms with Crippen molar-refractivity contribution in [3.05, 3.63) is 51.9 Å². The summed E-state index contributed by atoms with van der Waals surface area (Å²) in [7, 11) is 0. The first kappa shape index (κ1) is 18.3. The van der Waals surface area contributed by atoms with Crippen LogP contribution in [0.3, 0.4) is 0 Å². The molecule has 2 heterocycles. The fourth-order valence-electron chi connectivity index (χ4n) is 3.01. The van der Waals surface area contributed by atoms with E-state index in [-0.39, 0.29) is 24.1 Å². The van der Waals surface area contributed by atoms with Crippen LogP contribution >= 0.6 is 11.3 Å². The molecule has 0 aliphatic rings. The largest absolute Gasteiger partial charge is 0.352 e. The van der Waals surface area contributed by atoms with Crippen molar-refractivity contribution in [3.8, 4) is 11.1 Å². The molecule has 3 aromatic rings. The lowest BCUT2D eigenvalue weighted by atomic mass is 10.1. The molecule has 0 unspecified atom stereocenters. The van der Waals surface area contributed by atoms with E-state index in [1.165, 1.54) is 27.8 Å². The van der Waals surface area contributed by atoms with Gasteiger partial charge in [-0.15, -0.1) is 11.3 Å². The molecule has 0 bridgehead atoms. The van der Waals surface area contributed by atoms with Crippen LogP contribution in [0.2, 0.25) is 0 Å². The molecule has 5 nitrogen and oxygen atoms in total. The second-order valence-electron chi connectivity index (χ2n) is 6.63. The average molecular weight is 369 g/mol. The van der Waals surface area contributed by atoms with Crippen LogP contribution in [-0.4, -0.2) is 21.5 Å². The number of benzene rings is 1. The van der Waals surface area contributed by atoms with E-state index in [4.69, 9.17) is 0 Å². The fraction of sp³-hybridized carbons (Fsp3) is 0.350. The van der Waals surface area contributed by atoms with Crippen LogP contribution in [0.25, 0.3) is 21.3 Å². The molecule has 0 saturated heterocycles. The highest BCUT2D eigenvalue weighted by Crippen LogP contribution is 2.30. The van der Waals surface area contributed by atoms with Crippen LogP contribution in [0.1, 0.15) is 32.3 Å². The number of aromatic nitrogens is 2. The van der Waals surface area contributed by atoms with Crippen molar-refractivity contribution in [1.29, 1.82) is 0 Å². The van der Waals surface area contributed by atoms with E-state index >= 15 is 0 Å². The van der Waals surface area contributed by atoms with Crippen molar-refractivity contribution in [3.63, 3.8) is 0 Å². The molecule has 136 valence electrons. The van der Waals surface area contributed by atoms with E-state index in [9.17, 15) is 9.59 Å². The second-order valence-corrected chi connectivity index (χ2v) is 7.49. The highest BCUT2D eigenvalue weighted by Gasteiger charge is 2.15. The Kier molecular flexibility index (Phi) is 5.52. The fourth-order valence-corrected chi connectivity index (χ4v) is 3.91. The van der Waals surface area contributed by atoms with Gasteiger partial charge in [-0.3, -0.25) is 14.2 Å². The molecule has 0 aliphatic heterocycles. The van der Waals surface area contributed by atoms with Gasteiger partial charge < -0.3 is 5.32 Å². The highest BCUT2D eigenvalue weighted by molar-refractivity contribution is 7.17. The van der Waals surface area contributed by atoms with Crippen LogP contribution in [0, 0.1) is 6.92 Å². The Morgan fingerprint density at radius 1 is 1.31 bits per heavy atom. The molecular formula is C20H23N3O2S. The number of hydrogen-bond donors (Lipinski definition) is 1. The zero-order valence-electron chi connectivity index (χ0n) is 15.3. The summed E-state index contributed by atoms with van der Waals surface area (Å²) in [4.78, 5) is 30.2. The number of carbonyl (C=O) groups is 1. The maximum Gasteiger partial charge on any atom is 0.263 e. The normalized spacial score (nSPS) is 12.3. The van der Waals surface area contributed by atoms with Gasteiger partial charge in [0.2, 0.25) is 5.91 Å². The first-order valence-electron chi connectivity index (χ1n) is 8.82. The van der Waals surface area contributed by atoms with Crippen LogP contribution in [0.15, 0.2) is 40.8 Å². The Morgan fingerprint density at radius 3 is 2.73 bits per heavy atom. The maximum absolute atomic E-state index is 12.9. The van der Waals surface area contributed by atoms with Crippen molar-refractivity contribution in [2.24, 2.45) is 0 Å². The van der Waals surface area contributed by atoms with Crippen molar-refractivity contribution >= 4 is 27.5 Å². The molecule has 1 atom stereocenters. The molecule has 0 spiro atoms. The number of hydrogen-bond acceptors (Lipinski definition) is 4. The van der Waals surface area contributed by atoms with E-state index in [1.807, 2.05) is 43.5 Å². The average Bonchev–Trinajstić information content (AvgIpc) is 3.03. The smallest absolute Gasteiger partial charge is 0.263 e. The van der Waals surface area contributed by atoms with Gasteiger partial charge >= 0.3 is 0 Å². The minimum atomic E-state index is -0.176. The molecule has 0 radical (unpaired) electrons. The van der Waals surface area contributed by atoms with Crippen LogP contribution in [-0.2, 0) is 11.3 Å². The summed E-state index contributed by atoms with van der Waals surface area (Å²) >= 11 is 1.45. The molecule has 26 heavy (non-hydrogen) atoms. The Balaban J connectivity index is 1.93. The third kappa shape index (κ3) is 3.85. The number of thiophene rings is 1. The Morgan fingerprint density at radius 2 is 2.04 bits per heavy atom. The molecule has 6 heteroatoms. The van der Waals surface area contributed by atoms with Gasteiger partial charge in [0.1, 0.15) is 11.4 Å². The van der Waals surface area contributed by atoms with Gasteiger partial charge in [0.15, 0.2) is 0 Å². The lowest BCUT2D eigenvalue weighted by molar-refractivity contribution is -0.122. The van der Waals surface area contributed by atoms with Crippen molar-refractivity contribution in [2.45, 2.75) is 46.2 Å². The minimum Gasteiger partial charge on any atom is -0.352 e. The first-order valence-corrected chi connectivity index (χ1v) is 9.70. The predicted octanol–water partition coefficient (Wildman–Crippen LogP) is 3.74. The van der Waals surface area contributed by atoms with E-state index in [0.717, 1.165) is 24.0 Å². The number of fused-ring (bicyclic) bond motifs is 1. The zero-order chi connectivity index (χ0) is 18.7. The van der Waals surface area contributed by atoms with Crippen molar-refractivity contribution in [1.82, 2.24) is 14.9 Å². The van der Waals surface area contributed by atoms with Crippen LogP contribution in [0.4, 0.5) is 0 Å². The third-order valence-electron chi connectivity index (χ3n) is 4.37. The van der Waals surface area contributed by atoms with E-state index in [0.29, 0.717) is 10.2 Å². The van der Waals surface area contributed by atoms with E-state index in [1.54, 1.807) is 0 Å². The Bertz CT molecular complexity index is 973. The number of nitrogens with one attached hydrogen (secondary N) is 1. The van der Waals surface area contributed by atoms with Gasteiger partial charge in [0, 0.05) is 17.0 Å². The van der Waals surface area contributed by atoms with Crippen molar-refractivity contribution in [2.75, 3.05) is 0 Å². The number of rotatable bonds is 6. The molecule has 0 saturated carbocycles. The van der Waals surface area contributed by atoms with Gasteiger partial charge in [0.05, 0.1) is 11.7 Å².